The second kappa shape index (κ2) is 5.52. The van der Waals surface area contributed by atoms with E-state index >= 15 is 0 Å². The summed E-state index contributed by atoms with van der Waals surface area (Å²) in [7, 11) is 1.66. The first-order valence-corrected chi connectivity index (χ1v) is 6.11. The second-order valence-corrected chi connectivity index (χ2v) is 4.75. The Morgan fingerprint density at radius 1 is 1.35 bits per heavy atom. The van der Waals surface area contributed by atoms with Crippen LogP contribution in [0.4, 0.5) is 0 Å². The maximum atomic E-state index is 9.33. The Kier molecular flexibility index (Phi) is 4.02. The van der Waals surface area contributed by atoms with Crippen LogP contribution in [-0.4, -0.2) is 25.4 Å². The van der Waals surface area contributed by atoms with Crippen LogP contribution in [0.25, 0.3) is 0 Å². The molecule has 1 heterocycles. The van der Waals surface area contributed by atoms with Crippen LogP contribution in [0.15, 0.2) is 24.3 Å². The summed E-state index contributed by atoms with van der Waals surface area (Å²) in [5.74, 6) is 1.64. The minimum Gasteiger partial charge on any atom is -0.497 e. The molecule has 0 aromatic heterocycles. The number of ether oxygens (including phenoxy) is 2. The van der Waals surface area contributed by atoms with Gasteiger partial charge in [-0.2, -0.15) is 0 Å². The maximum Gasteiger partial charge on any atom is 0.118 e. The molecule has 1 N–H and O–H groups in total. The van der Waals surface area contributed by atoms with E-state index in [1.807, 2.05) is 24.3 Å². The Labute approximate surface area is 102 Å². The molecule has 0 aliphatic carbocycles. The summed E-state index contributed by atoms with van der Waals surface area (Å²) >= 11 is 0. The van der Waals surface area contributed by atoms with Crippen molar-refractivity contribution < 1.29 is 14.6 Å². The highest BCUT2D eigenvalue weighted by Crippen LogP contribution is 2.34. The van der Waals surface area contributed by atoms with Gasteiger partial charge in [-0.15, -0.1) is 0 Å². The predicted octanol–water partition coefficient (Wildman–Crippen LogP) is 2.40. The molecule has 0 amide bonds. The minimum atomic E-state index is 0.106. The van der Waals surface area contributed by atoms with Gasteiger partial charge in [0.15, 0.2) is 0 Å². The number of benzene rings is 1. The zero-order valence-electron chi connectivity index (χ0n) is 10.4. The molecule has 1 saturated heterocycles. The summed E-state index contributed by atoms with van der Waals surface area (Å²) in [6, 6.07) is 7.97. The zero-order chi connectivity index (χ0) is 12.3. The van der Waals surface area contributed by atoms with Gasteiger partial charge in [-0.05, 0) is 36.0 Å². The van der Waals surface area contributed by atoms with Gasteiger partial charge in [0.2, 0.25) is 0 Å². The molecule has 1 fully saturated rings. The summed E-state index contributed by atoms with van der Waals surface area (Å²) in [4.78, 5) is 0. The average Bonchev–Trinajstić information content (AvgIpc) is 2.39. The van der Waals surface area contributed by atoms with Crippen LogP contribution >= 0.6 is 0 Å². The van der Waals surface area contributed by atoms with Crippen LogP contribution in [0.3, 0.4) is 0 Å². The van der Waals surface area contributed by atoms with Crippen molar-refractivity contribution >= 4 is 0 Å². The lowest BCUT2D eigenvalue weighted by Crippen LogP contribution is -2.29. The molecule has 0 unspecified atom stereocenters. The third kappa shape index (κ3) is 2.79. The molecular formula is C14H20O3. The fraction of sp³-hybridized carbons (Fsp3) is 0.571. The van der Waals surface area contributed by atoms with Gasteiger partial charge >= 0.3 is 0 Å². The van der Waals surface area contributed by atoms with Crippen LogP contribution in [0, 0.1) is 11.8 Å². The predicted molar refractivity (Wildman–Crippen MR) is 66.0 cm³/mol. The highest BCUT2D eigenvalue weighted by Gasteiger charge is 2.28. The Morgan fingerprint density at radius 2 is 2.06 bits per heavy atom. The highest BCUT2D eigenvalue weighted by molar-refractivity contribution is 5.28. The molecule has 0 bridgehead atoms. The molecule has 2 rings (SSSR count). The van der Waals surface area contributed by atoms with E-state index in [9.17, 15) is 5.11 Å². The third-order valence-corrected chi connectivity index (χ3v) is 3.60. The van der Waals surface area contributed by atoms with Crippen molar-refractivity contribution in [3.63, 3.8) is 0 Å². The number of methoxy groups -OCH3 is 1. The molecule has 1 aromatic rings. The van der Waals surface area contributed by atoms with Crippen LogP contribution in [0.2, 0.25) is 0 Å². The SMILES string of the molecule is COc1ccc([C@H]2C[C@@H](CO)[C@@H](C)CO2)cc1. The van der Waals surface area contributed by atoms with E-state index in [-0.39, 0.29) is 12.7 Å². The van der Waals surface area contributed by atoms with Crippen molar-refractivity contribution in [3.8, 4) is 5.75 Å². The van der Waals surface area contributed by atoms with Crippen LogP contribution in [-0.2, 0) is 4.74 Å². The van der Waals surface area contributed by atoms with Crippen molar-refractivity contribution in [2.45, 2.75) is 19.4 Å². The van der Waals surface area contributed by atoms with E-state index < -0.39 is 0 Å². The van der Waals surface area contributed by atoms with Gasteiger partial charge in [0, 0.05) is 6.61 Å². The summed E-state index contributed by atoms with van der Waals surface area (Å²) in [5, 5.41) is 9.33. The van der Waals surface area contributed by atoms with Gasteiger partial charge in [-0.25, -0.2) is 0 Å². The molecule has 3 atom stereocenters. The summed E-state index contributed by atoms with van der Waals surface area (Å²) < 4.78 is 11.0. The number of aliphatic hydroxyl groups is 1. The monoisotopic (exact) mass is 236 g/mol. The summed E-state index contributed by atoms with van der Waals surface area (Å²) in [6.45, 7) is 3.10. The number of rotatable bonds is 3. The van der Waals surface area contributed by atoms with E-state index in [2.05, 4.69) is 6.92 Å². The summed E-state index contributed by atoms with van der Waals surface area (Å²) in [6.07, 6.45) is 0.999. The summed E-state index contributed by atoms with van der Waals surface area (Å²) in [5.41, 5.74) is 1.16. The van der Waals surface area contributed by atoms with Crippen molar-refractivity contribution in [1.82, 2.24) is 0 Å². The van der Waals surface area contributed by atoms with Crippen molar-refractivity contribution in [1.29, 1.82) is 0 Å². The van der Waals surface area contributed by atoms with E-state index in [0.29, 0.717) is 11.8 Å². The van der Waals surface area contributed by atoms with Crippen LogP contribution < -0.4 is 4.74 Å². The lowest BCUT2D eigenvalue weighted by atomic mass is 9.85. The van der Waals surface area contributed by atoms with Crippen molar-refractivity contribution in [2.75, 3.05) is 20.3 Å². The van der Waals surface area contributed by atoms with E-state index in [1.54, 1.807) is 7.11 Å². The van der Waals surface area contributed by atoms with Crippen molar-refractivity contribution in [3.05, 3.63) is 29.8 Å². The Hall–Kier alpha value is -1.06. The quantitative estimate of drug-likeness (QED) is 0.875. The fourth-order valence-corrected chi connectivity index (χ4v) is 2.28. The minimum absolute atomic E-state index is 0.106. The average molecular weight is 236 g/mol. The van der Waals surface area contributed by atoms with Gasteiger partial charge in [0.1, 0.15) is 5.75 Å². The largest absolute Gasteiger partial charge is 0.497 e. The second-order valence-electron chi connectivity index (χ2n) is 4.75. The molecule has 0 spiro atoms. The molecular weight excluding hydrogens is 216 g/mol. The van der Waals surface area contributed by atoms with Gasteiger partial charge in [-0.1, -0.05) is 19.1 Å². The van der Waals surface area contributed by atoms with Gasteiger partial charge in [0.05, 0.1) is 19.8 Å². The molecule has 94 valence electrons. The van der Waals surface area contributed by atoms with Crippen LogP contribution in [0.1, 0.15) is 25.0 Å². The van der Waals surface area contributed by atoms with E-state index in [1.165, 1.54) is 0 Å². The smallest absolute Gasteiger partial charge is 0.118 e. The first-order chi connectivity index (χ1) is 8.24. The molecule has 1 aromatic carbocycles. The zero-order valence-corrected chi connectivity index (χ0v) is 10.4. The Balaban J connectivity index is 2.06. The van der Waals surface area contributed by atoms with Gasteiger partial charge in [0.25, 0.3) is 0 Å². The lowest BCUT2D eigenvalue weighted by Gasteiger charge is -2.33. The number of hydrogen-bond donors (Lipinski definition) is 1. The maximum absolute atomic E-state index is 9.33. The fourth-order valence-electron chi connectivity index (χ4n) is 2.28. The van der Waals surface area contributed by atoms with E-state index in [4.69, 9.17) is 9.47 Å². The first kappa shape index (κ1) is 12.4. The normalized spacial score (nSPS) is 29.0. The Bertz CT molecular complexity index is 347. The molecule has 1 aliphatic rings. The van der Waals surface area contributed by atoms with Gasteiger partial charge < -0.3 is 14.6 Å². The van der Waals surface area contributed by atoms with E-state index in [0.717, 1.165) is 24.3 Å². The number of aliphatic hydroxyl groups excluding tert-OH is 1. The van der Waals surface area contributed by atoms with Crippen LogP contribution in [0.5, 0.6) is 5.75 Å². The molecule has 1 aliphatic heterocycles. The standard InChI is InChI=1S/C14H20O3/c1-10-9-17-14(7-12(10)8-15)11-3-5-13(16-2)6-4-11/h3-6,10,12,14-15H,7-9H2,1-2H3/t10-,12-,14+/m0/s1. The van der Waals surface area contributed by atoms with Gasteiger partial charge in [-0.3, -0.25) is 0 Å². The first-order valence-electron chi connectivity index (χ1n) is 6.11. The molecule has 0 saturated carbocycles. The molecule has 0 radical (unpaired) electrons. The van der Waals surface area contributed by atoms with Crippen molar-refractivity contribution in [2.24, 2.45) is 11.8 Å². The molecule has 3 heteroatoms. The molecule has 17 heavy (non-hydrogen) atoms. The number of hydrogen-bond acceptors (Lipinski definition) is 3. The topological polar surface area (TPSA) is 38.7 Å². The Morgan fingerprint density at radius 3 is 2.65 bits per heavy atom. The lowest BCUT2D eigenvalue weighted by molar-refractivity contribution is -0.0556. The molecule has 3 nitrogen and oxygen atoms in total. The highest BCUT2D eigenvalue weighted by atomic mass is 16.5. The third-order valence-electron chi connectivity index (χ3n) is 3.60.